The lowest BCUT2D eigenvalue weighted by atomic mass is 10.0. The quantitative estimate of drug-likeness (QED) is 0.443. The Kier molecular flexibility index (Phi) is 6.17. The van der Waals surface area contributed by atoms with Crippen molar-refractivity contribution in [1.82, 2.24) is 19.8 Å². The Morgan fingerprint density at radius 1 is 1.32 bits per heavy atom. The Hall–Kier alpha value is -3.67. The Labute approximate surface area is 197 Å². The van der Waals surface area contributed by atoms with Crippen LogP contribution in [0.2, 0.25) is 0 Å². The van der Waals surface area contributed by atoms with E-state index in [2.05, 4.69) is 10.3 Å². The summed E-state index contributed by atoms with van der Waals surface area (Å²) in [5.41, 5.74) is 0.651. The van der Waals surface area contributed by atoms with E-state index < -0.39 is 40.6 Å². The highest BCUT2D eigenvalue weighted by Gasteiger charge is 2.54. The zero-order chi connectivity index (χ0) is 24.7. The van der Waals surface area contributed by atoms with E-state index in [9.17, 15) is 29.1 Å². The van der Waals surface area contributed by atoms with Crippen LogP contribution in [0.1, 0.15) is 29.8 Å². The van der Waals surface area contributed by atoms with Crippen LogP contribution in [0.3, 0.4) is 0 Å². The largest absolute Gasteiger partial charge is 0.477 e. The average molecular weight is 487 g/mol. The number of hydrogen-bond donors (Lipinski definition) is 2. The summed E-state index contributed by atoms with van der Waals surface area (Å²) < 4.78 is 6.59. The molecule has 2 amide bonds. The third-order valence-corrected chi connectivity index (χ3v) is 6.96. The van der Waals surface area contributed by atoms with Gasteiger partial charge < -0.3 is 19.7 Å². The van der Waals surface area contributed by atoms with Gasteiger partial charge in [0.25, 0.3) is 11.8 Å². The van der Waals surface area contributed by atoms with Crippen molar-refractivity contribution in [2.75, 3.05) is 12.4 Å². The number of thioether (sulfide) groups is 1. The molecule has 0 unspecified atom stereocenters. The number of nitrogens with one attached hydrogen (secondary N) is 1. The van der Waals surface area contributed by atoms with Crippen molar-refractivity contribution >= 4 is 46.5 Å². The second-order valence-electron chi connectivity index (χ2n) is 7.94. The molecule has 0 bridgehead atoms. The topological polar surface area (TPSA) is 148 Å². The molecule has 12 heteroatoms. The van der Waals surface area contributed by atoms with Crippen LogP contribution in [0.15, 0.2) is 34.5 Å². The second-order valence-corrected chi connectivity index (χ2v) is 9.05. The number of carboxylic acids is 1. The number of ether oxygens (including phenoxy) is 1. The first-order valence-corrected chi connectivity index (χ1v) is 11.5. The van der Waals surface area contributed by atoms with E-state index in [0.717, 1.165) is 10.5 Å². The van der Waals surface area contributed by atoms with Crippen LogP contribution in [0.5, 0.6) is 0 Å². The zero-order valence-electron chi connectivity index (χ0n) is 18.7. The van der Waals surface area contributed by atoms with Crippen molar-refractivity contribution in [1.29, 1.82) is 0 Å². The minimum atomic E-state index is -1.33. The molecule has 1 saturated heterocycles. The first kappa shape index (κ1) is 23.5. The molecule has 2 atom stereocenters. The highest BCUT2D eigenvalue weighted by Crippen LogP contribution is 2.40. The number of aliphatic carboxylic acids is 1. The number of nitrogens with zero attached hydrogens (tertiary/aromatic N) is 3. The van der Waals surface area contributed by atoms with Gasteiger partial charge in [-0.3, -0.25) is 24.1 Å². The molecule has 0 radical (unpaired) electrons. The van der Waals surface area contributed by atoms with E-state index in [4.69, 9.17) is 4.74 Å². The van der Waals surface area contributed by atoms with Crippen molar-refractivity contribution in [3.05, 3.63) is 51.1 Å². The van der Waals surface area contributed by atoms with Crippen molar-refractivity contribution in [2.24, 2.45) is 0 Å². The standard InChI is InChI=1S/C22H22N4O7S/c1-4-25-7-14(17(28)13-5-10(2)6-23-18(13)25)19(29)24-15-20(30)26-16(22(31)32)12(8-33-11(3)27)9-34-21(15)26/h5-7,15,21H,4,8-9H2,1-3H3,(H,24,29)(H,31,32)/t15-,21-/m1/s1. The zero-order valence-corrected chi connectivity index (χ0v) is 19.5. The monoisotopic (exact) mass is 486 g/mol. The van der Waals surface area contributed by atoms with Crippen LogP contribution in [-0.4, -0.2) is 67.1 Å². The molecule has 4 rings (SSSR count). The molecule has 2 aliphatic heterocycles. The highest BCUT2D eigenvalue weighted by molar-refractivity contribution is 8.00. The third kappa shape index (κ3) is 3.94. The maximum absolute atomic E-state index is 13.0. The molecule has 0 spiro atoms. The fourth-order valence-corrected chi connectivity index (χ4v) is 5.31. The summed E-state index contributed by atoms with van der Waals surface area (Å²) >= 11 is 1.24. The van der Waals surface area contributed by atoms with E-state index in [1.165, 1.54) is 24.9 Å². The number of fused-ring (bicyclic) bond motifs is 2. The number of rotatable bonds is 6. The second kappa shape index (κ2) is 8.93. The summed E-state index contributed by atoms with van der Waals surface area (Å²) in [5, 5.41) is 11.9. The van der Waals surface area contributed by atoms with Gasteiger partial charge in [0.05, 0.1) is 5.39 Å². The predicted octanol–water partition coefficient (Wildman–Crippen LogP) is 0.640. The van der Waals surface area contributed by atoms with Gasteiger partial charge in [-0.15, -0.1) is 11.8 Å². The molecule has 4 heterocycles. The summed E-state index contributed by atoms with van der Waals surface area (Å²) in [6.45, 7) is 5.08. The van der Waals surface area contributed by atoms with E-state index in [0.29, 0.717) is 23.2 Å². The average Bonchev–Trinajstić information content (AvgIpc) is 2.80. The van der Waals surface area contributed by atoms with Crippen molar-refractivity contribution in [3.8, 4) is 0 Å². The van der Waals surface area contributed by atoms with Gasteiger partial charge >= 0.3 is 11.9 Å². The number of carbonyl (C=O) groups excluding carboxylic acids is 3. The number of carbonyl (C=O) groups is 4. The van der Waals surface area contributed by atoms with Gasteiger partial charge in [-0.05, 0) is 25.5 Å². The molecule has 2 aromatic heterocycles. The van der Waals surface area contributed by atoms with Crippen LogP contribution in [0.4, 0.5) is 0 Å². The van der Waals surface area contributed by atoms with E-state index >= 15 is 0 Å². The molecule has 2 aliphatic rings. The van der Waals surface area contributed by atoms with Crippen LogP contribution in [0.25, 0.3) is 11.0 Å². The van der Waals surface area contributed by atoms with E-state index in [1.807, 2.05) is 6.92 Å². The van der Waals surface area contributed by atoms with Crippen LogP contribution >= 0.6 is 11.8 Å². The number of esters is 1. The fourth-order valence-electron chi connectivity index (χ4n) is 3.98. The Bertz CT molecular complexity index is 1330. The summed E-state index contributed by atoms with van der Waals surface area (Å²) in [7, 11) is 0. The van der Waals surface area contributed by atoms with Gasteiger partial charge in [-0.2, -0.15) is 0 Å². The summed E-state index contributed by atoms with van der Waals surface area (Å²) in [5.74, 6) is -3.02. The molecular formula is C22H22N4O7S. The maximum atomic E-state index is 13.0. The Balaban J connectivity index is 1.60. The first-order chi connectivity index (χ1) is 16.1. The summed E-state index contributed by atoms with van der Waals surface area (Å²) in [6.07, 6.45) is 3.05. The molecular weight excluding hydrogens is 464 g/mol. The summed E-state index contributed by atoms with van der Waals surface area (Å²) in [4.78, 5) is 67.2. The van der Waals surface area contributed by atoms with Crippen molar-refractivity contribution in [2.45, 2.75) is 38.7 Å². The molecule has 2 N–H and O–H groups in total. The lowest BCUT2D eigenvalue weighted by molar-refractivity contribution is -0.149. The smallest absolute Gasteiger partial charge is 0.352 e. The van der Waals surface area contributed by atoms with Gasteiger partial charge in [-0.25, -0.2) is 9.78 Å². The van der Waals surface area contributed by atoms with Crippen LogP contribution < -0.4 is 10.7 Å². The van der Waals surface area contributed by atoms with E-state index in [-0.39, 0.29) is 23.6 Å². The van der Waals surface area contributed by atoms with Gasteiger partial charge in [0, 0.05) is 37.2 Å². The minimum absolute atomic E-state index is 0.127. The van der Waals surface area contributed by atoms with Crippen LogP contribution in [-0.2, 0) is 25.7 Å². The number of carboxylic acid groups (broad SMARTS) is 1. The molecule has 0 saturated carbocycles. The number of amides is 2. The normalized spacial score (nSPS) is 19.5. The Morgan fingerprint density at radius 2 is 2.06 bits per heavy atom. The van der Waals surface area contributed by atoms with E-state index in [1.54, 1.807) is 23.8 Å². The lowest BCUT2D eigenvalue weighted by Crippen LogP contribution is -2.70. The van der Waals surface area contributed by atoms with Gasteiger partial charge in [-0.1, -0.05) is 0 Å². The van der Waals surface area contributed by atoms with Crippen molar-refractivity contribution < 1.29 is 29.0 Å². The molecule has 34 heavy (non-hydrogen) atoms. The van der Waals surface area contributed by atoms with Gasteiger partial charge in [0.1, 0.15) is 34.9 Å². The summed E-state index contributed by atoms with van der Waals surface area (Å²) in [6, 6.07) is 0.665. The maximum Gasteiger partial charge on any atom is 0.352 e. The SMILES string of the molecule is CCn1cc(C(=O)N[C@@H]2C(=O)N3C(C(=O)O)=C(COC(C)=O)CS[C@H]23)c(=O)c2cc(C)cnc21. The number of aromatic nitrogens is 2. The van der Waals surface area contributed by atoms with Gasteiger partial charge in [0.15, 0.2) is 0 Å². The third-order valence-electron chi connectivity index (χ3n) is 5.62. The molecule has 11 nitrogen and oxygen atoms in total. The fraction of sp³-hybridized carbons (Fsp3) is 0.364. The predicted molar refractivity (Wildman–Crippen MR) is 122 cm³/mol. The molecule has 2 aromatic rings. The molecule has 178 valence electrons. The number of hydrogen-bond acceptors (Lipinski definition) is 8. The minimum Gasteiger partial charge on any atom is -0.477 e. The number of aryl methyl sites for hydroxylation is 2. The number of pyridine rings is 2. The van der Waals surface area contributed by atoms with Crippen molar-refractivity contribution in [3.63, 3.8) is 0 Å². The lowest BCUT2D eigenvalue weighted by Gasteiger charge is -2.49. The van der Waals surface area contributed by atoms with Crippen LogP contribution in [0, 0.1) is 6.92 Å². The molecule has 0 aliphatic carbocycles. The number of β-lactam (4-membered cyclic amide) rings is 1. The Morgan fingerprint density at radius 3 is 2.71 bits per heavy atom. The molecule has 1 fully saturated rings. The van der Waals surface area contributed by atoms with Gasteiger partial charge in [0.2, 0.25) is 5.43 Å². The molecule has 0 aromatic carbocycles. The first-order valence-electron chi connectivity index (χ1n) is 10.5. The highest BCUT2D eigenvalue weighted by atomic mass is 32.2.